The van der Waals surface area contributed by atoms with Crippen LogP contribution >= 0.6 is 22.9 Å². The number of nitrogens with zero attached hydrogens (tertiary/aromatic N) is 2. The highest BCUT2D eigenvalue weighted by atomic mass is 35.5. The largest absolute Gasteiger partial charge is 0.403 e. The van der Waals surface area contributed by atoms with E-state index in [1.165, 1.54) is 11.3 Å². The number of nitrogens with one attached hydrogen (secondary N) is 1. The molecule has 0 atom stereocenters. The van der Waals surface area contributed by atoms with E-state index in [4.69, 9.17) is 16.0 Å². The highest BCUT2D eigenvalue weighted by Crippen LogP contribution is 2.22. The van der Waals surface area contributed by atoms with E-state index in [9.17, 15) is 4.79 Å². The van der Waals surface area contributed by atoms with Gasteiger partial charge in [-0.15, -0.1) is 16.4 Å². The van der Waals surface area contributed by atoms with Gasteiger partial charge in [-0.3, -0.25) is 10.1 Å². The Bertz CT molecular complexity index is 722. The van der Waals surface area contributed by atoms with E-state index in [1.807, 2.05) is 5.38 Å². The van der Waals surface area contributed by atoms with Gasteiger partial charge in [0.25, 0.3) is 5.91 Å². The Labute approximate surface area is 123 Å². The first kappa shape index (κ1) is 12.8. The molecule has 0 aliphatic heterocycles. The molecule has 0 aliphatic rings. The molecule has 3 aromatic rings. The van der Waals surface area contributed by atoms with Gasteiger partial charge in [0, 0.05) is 10.6 Å². The van der Waals surface area contributed by atoms with Crippen molar-refractivity contribution in [3.05, 3.63) is 51.7 Å². The number of aromatic nitrogens is 2. The summed E-state index contributed by atoms with van der Waals surface area (Å²) in [6, 6.07) is 10.6. The molecule has 0 unspecified atom stereocenters. The summed E-state index contributed by atoms with van der Waals surface area (Å²) in [5.41, 5.74) is 0.735. The van der Waals surface area contributed by atoms with Crippen molar-refractivity contribution in [3.63, 3.8) is 0 Å². The third kappa shape index (κ3) is 2.71. The summed E-state index contributed by atoms with van der Waals surface area (Å²) in [5, 5.41) is 12.7. The fourth-order valence-electron chi connectivity index (χ4n) is 1.55. The van der Waals surface area contributed by atoms with Crippen molar-refractivity contribution in [3.8, 4) is 11.5 Å². The zero-order chi connectivity index (χ0) is 13.9. The molecule has 100 valence electrons. The first-order valence-corrected chi connectivity index (χ1v) is 6.92. The van der Waals surface area contributed by atoms with E-state index in [2.05, 4.69) is 15.5 Å². The van der Waals surface area contributed by atoms with Crippen molar-refractivity contribution >= 4 is 34.9 Å². The van der Waals surface area contributed by atoms with Gasteiger partial charge < -0.3 is 4.42 Å². The van der Waals surface area contributed by atoms with Crippen molar-refractivity contribution < 1.29 is 9.21 Å². The Morgan fingerprint density at radius 1 is 1.20 bits per heavy atom. The smallest absolute Gasteiger partial charge is 0.322 e. The molecule has 2 aromatic heterocycles. The Balaban J connectivity index is 1.77. The van der Waals surface area contributed by atoms with E-state index < -0.39 is 0 Å². The van der Waals surface area contributed by atoms with Crippen molar-refractivity contribution in [2.45, 2.75) is 0 Å². The minimum absolute atomic E-state index is 0.0633. The van der Waals surface area contributed by atoms with Crippen LogP contribution in [0.5, 0.6) is 0 Å². The van der Waals surface area contributed by atoms with Gasteiger partial charge in [0.2, 0.25) is 5.89 Å². The van der Waals surface area contributed by atoms with E-state index in [-0.39, 0.29) is 11.9 Å². The van der Waals surface area contributed by atoms with Crippen LogP contribution in [0.3, 0.4) is 0 Å². The number of rotatable bonds is 3. The number of thiophene rings is 1. The Kier molecular flexibility index (Phi) is 3.49. The summed E-state index contributed by atoms with van der Waals surface area (Å²) >= 11 is 7.15. The topological polar surface area (TPSA) is 68.0 Å². The molecular formula is C13H8ClN3O2S. The molecule has 0 fully saturated rings. The number of hydrogen-bond donors (Lipinski definition) is 1. The van der Waals surface area contributed by atoms with Crippen LogP contribution in [0.15, 0.2) is 46.2 Å². The van der Waals surface area contributed by atoms with Crippen LogP contribution in [0.25, 0.3) is 11.5 Å². The van der Waals surface area contributed by atoms with Crippen LogP contribution in [0.2, 0.25) is 5.02 Å². The third-order valence-electron chi connectivity index (χ3n) is 2.48. The summed E-state index contributed by atoms with van der Waals surface area (Å²) in [6.07, 6.45) is 0. The number of carbonyl (C=O) groups is 1. The Morgan fingerprint density at radius 2 is 2.00 bits per heavy atom. The number of halogens is 1. The van der Waals surface area contributed by atoms with Gasteiger partial charge in [0.05, 0.1) is 4.88 Å². The highest BCUT2D eigenvalue weighted by Gasteiger charge is 2.13. The molecular weight excluding hydrogens is 298 g/mol. The second kappa shape index (κ2) is 5.44. The van der Waals surface area contributed by atoms with Crippen LogP contribution in [0.1, 0.15) is 9.67 Å². The number of amides is 1. The van der Waals surface area contributed by atoms with Crippen LogP contribution in [-0.2, 0) is 0 Å². The number of anilines is 1. The minimum Gasteiger partial charge on any atom is -0.403 e. The van der Waals surface area contributed by atoms with Gasteiger partial charge in [0.1, 0.15) is 0 Å². The predicted molar refractivity (Wildman–Crippen MR) is 77.0 cm³/mol. The fraction of sp³-hybridized carbons (Fsp3) is 0. The fourth-order valence-corrected chi connectivity index (χ4v) is 2.29. The molecule has 2 heterocycles. The SMILES string of the molecule is O=C(Nc1nnc(-c2ccc(Cl)cc2)o1)c1cccs1. The summed E-state index contributed by atoms with van der Waals surface area (Å²) in [5.74, 6) is 0.0504. The Morgan fingerprint density at radius 3 is 2.70 bits per heavy atom. The van der Waals surface area contributed by atoms with E-state index in [0.29, 0.717) is 15.8 Å². The molecule has 0 bridgehead atoms. The number of hydrogen-bond acceptors (Lipinski definition) is 5. The molecule has 20 heavy (non-hydrogen) atoms. The van der Waals surface area contributed by atoms with Crippen molar-refractivity contribution in [1.82, 2.24) is 10.2 Å². The predicted octanol–water partition coefficient (Wildman–Crippen LogP) is 3.70. The molecule has 0 spiro atoms. The lowest BCUT2D eigenvalue weighted by Crippen LogP contribution is -2.10. The first-order valence-electron chi connectivity index (χ1n) is 5.67. The number of benzene rings is 1. The quantitative estimate of drug-likeness (QED) is 0.801. The maximum absolute atomic E-state index is 11.8. The molecule has 0 aliphatic carbocycles. The molecule has 0 radical (unpaired) electrons. The van der Waals surface area contributed by atoms with Gasteiger partial charge >= 0.3 is 6.01 Å². The van der Waals surface area contributed by atoms with Crippen LogP contribution < -0.4 is 5.32 Å². The maximum atomic E-state index is 11.8. The molecule has 7 heteroatoms. The third-order valence-corrected chi connectivity index (χ3v) is 3.60. The zero-order valence-corrected chi connectivity index (χ0v) is 11.6. The molecule has 5 nitrogen and oxygen atoms in total. The van der Waals surface area contributed by atoms with Gasteiger partial charge in [0.15, 0.2) is 0 Å². The summed E-state index contributed by atoms with van der Waals surface area (Å²) < 4.78 is 5.39. The lowest BCUT2D eigenvalue weighted by atomic mass is 10.2. The molecule has 3 rings (SSSR count). The average Bonchev–Trinajstić information content (AvgIpc) is 3.10. The molecule has 0 saturated carbocycles. The van der Waals surface area contributed by atoms with Crippen molar-refractivity contribution in [2.75, 3.05) is 5.32 Å². The molecule has 1 aromatic carbocycles. The normalized spacial score (nSPS) is 10.4. The van der Waals surface area contributed by atoms with E-state index in [1.54, 1.807) is 36.4 Å². The van der Waals surface area contributed by atoms with E-state index in [0.717, 1.165) is 5.56 Å². The summed E-state index contributed by atoms with van der Waals surface area (Å²) in [7, 11) is 0. The van der Waals surface area contributed by atoms with Gasteiger partial charge in [-0.1, -0.05) is 22.8 Å². The molecule has 0 saturated heterocycles. The van der Waals surface area contributed by atoms with Crippen LogP contribution in [0.4, 0.5) is 6.01 Å². The van der Waals surface area contributed by atoms with Crippen LogP contribution in [-0.4, -0.2) is 16.1 Å². The average molecular weight is 306 g/mol. The summed E-state index contributed by atoms with van der Waals surface area (Å²) in [4.78, 5) is 12.4. The van der Waals surface area contributed by atoms with Gasteiger partial charge in [-0.05, 0) is 35.7 Å². The molecule has 1 amide bonds. The monoisotopic (exact) mass is 305 g/mol. The molecule has 1 N–H and O–H groups in total. The van der Waals surface area contributed by atoms with Gasteiger partial charge in [-0.25, -0.2) is 0 Å². The lowest BCUT2D eigenvalue weighted by molar-refractivity contribution is 0.102. The minimum atomic E-state index is -0.272. The van der Waals surface area contributed by atoms with Gasteiger partial charge in [-0.2, -0.15) is 0 Å². The Hall–Kier alpha value is -2.18. The van der Waals surface area contributed by atoms with Crippen molar-refractivity contribution in [1.29, 1.82) is 0 Å². The van der Waals surface area contributed by atoms with Crippen molar-refractivity contribution in [2.24, 2.45) is 0 Å². The lowest BCUT2D eigenvalue weighted by Gasteiger charge is -1.96. The highest BCUT2D eigenvalue weighted by molar-refractivity contribution is 7.12. The van der Waals surface area contributed by atoms with E-state index >= 15 is 0 Å². The summed E-state index contributed by atoms with van der Waals surface area (Å²) in [6.45, 7) is 0. The van der Waals surface area contributed by atoms with Crippen LogP contribution in [0, 0.1) is 0 Å². The standard InChI is InChI=1S/C13H8ClN3O2S/c14-9-5-3-8(4-6-9)12-16-17-13(19-12)15-11(18)10-2-1-7-20-10/h1-7H,(H,15,17,18). The second-order valence-corrected chi connectivity index (χ2v) is 5.23. The zero-order valence-electron chi connectivity index (χ0n) is 10.0. The number of carbonyl (C=O) groups excluding carboxylic acids is 1. The maximum Gasteiger partial charge on any atom is 0.322 e. The first-order chi connectivity index (χ1) is 9.72. The second-order valence-electron chi connectivity index (χ2n) is 3.85.